The van der Waals surface area contributed by atoms with Gasteiger partial charge in [0.15, 0.2) is 0 Å². The Morgan fingerprint density at radius 1 is 1.31 bits per heavy atom. The molecular weight excluding hydrogens is 208 g/mol. The van der Waals surface area contributed by atoms with Gasteiger partial charge in [0.25, 0.3) is 0 Å². The van der Waals surface area contributed by atoms with E-state index in [9.17, 15) is 9.59 Å². The fourth-order valence-electron chi connectivity index (χ4n) is 1.99. The van der Waals surface area contributed by atoms with Gasteiger partial charge in [-0.3, -0.25) is 14.5 Å². The fourth-order valence-corrected chi connectivity index (χ4v) is 1.99. The van der Waals surface area contributed by atoms with Crippen LogP contribution in [0, 0.1) is 0 Å². The summed E-state index contributed by atoms with van der Waals surface area (Å²) >= 11 is 0. The van der Waals surface area contributed by atoms with Gasteiger partial charge < -0.3 is 10.0 Å². The number of nitrogens with zero attached hydrogens (tertiary/aromatic N) is 2. The number of carbonyl (C=O) groups is 2. The highest BCUT2D eigenvalue weighted by molar-refractivity contribution is 5.80. The molecule has 5 nitrogen and oxygen atoms in total. The molecule has 0 spiro atoms. The normalized spacial score (nSPS) is 22.1. The third-order valence-corrected chi connectivity index (χ3v) is 3.15. The monoisotopic (exact) mass is 228 g/mol. The summed E-state index contributed by atoms with van der Waals surface area (Å²) < 4.78 is 0. The van der Waals surface area contributed by atoms with Crippen molar-refractivity contribution < 1.29 is 14.7 Å². The molecular formula is C11H20N2O3. The van der Waals surface area contributed by atoms with Gasteiger partial charge in [0.2, 0.25) is 5.91 Å². The highest BCUT2D eigenvalue weighted by Gasteiger charge is 2.25. The molecule has 0 aromatic rings. The lowest BCUT2D eigenvalue weighted by Crippen LogP contribution is -2.53. The molecule has 1 unspecified atom stereocenters. The first-order valence-electron chi connectivity index (χ1n) is 5.74. The standard InChI is InChI=1S/C11H20N2O3/c1-3-9-8-13(7-6-12(9)2)10(14)4-5-11(15)16/h9H,3-8H2,1-2H3,(H,15,16). The molecule has 1 amide bonds. The first-order valence-corrected chi connectivity index (χ1v) is 5.74. The van der Waals surface area contributed by atoms with E-state index in [1.54, 1.807) is 4.90 Å². The van der Waals surface area contributed by atoms with Crippen LogP contribution in [0.1, 0.15) is 26.2 Å². The number of carbonyl (C=O) groups excluding carboxylic acids is 1. The van der Waals surface area contributed by atoms with Crippen LogP contribution in [0.25, 0.3) is 0 Å². The van der Waals surface area contributed by atoms with Gasteiger partial charge in [0.05, 0.1) is 6.42 Å². The van der Waals surface area contributed by atoms with Crippen LogP contribution in [-0.2, 0) is 9.59 Å². The minimum Gasteiger partial charge on any atom is -0.481 e. The number of carboxylic acids is 1. The number of rotatable bonds is 4. The quantitative estimate of drug-likeness (QED) is 0.757. The van der Waals surface area contributed by atoms with Crippen LogP contribution in [0.2, 0.25) is 0 Å². The topological polar surface area (TPSA) is 60.9 Å². The smallest absolute Gasteiger partial charge is 0.303 e. The number of hydrogen-bond donors (Lipinski definition) is 1. The predicted octanol–water partition coefficient (Wildman–Crippen LogP) is 0.404. The first kappa shape index (κ1) is 13.0. The average molecular weight is 228 g/mol. The summed E-state index contributed by atoms with van der Waals surface area (Å²) in [4.78, 5) is 26.1. The van der Waals surface area contributed by atoms with E-state index in [1.165, 1.54) is 0 Å². The molecule has 1 rings (SSSR count). The number of likely N-dealkylation sites (N-methyl/N-ethyl adjacent to an activating group) is 1. The molecule has 0 aromatic heterocycles. The number of piperazine rings is 1. The second kappa shape index (κ2) is 5.84. The van der Waals surface area contributed by atoms with Gasteiger partial charge >= 0.3 is 5.97 Å². The molecule has 0 radical (unpaired) electrons. The van der Waals surface area contributed by atoms with E-state index in [0.717, 1.165) is 19.5 Å². The zero-order valence-electron chi connectivity index (χ0n) is 9.98. The van der Waals surface area contributed by atoms with Crippen molar-refractivity contribution in [2.45, 2.75) is 32.2 Å². The maximum Gasteiger partial charge on any atom is 0.303 e. The largest absolute Gasteiger partial charge is 0.481 e. The summed E-state index contributed by atoms with van der Waals surface area (Å²) in [6.07, 6.45) is 1.07. The molecule has 1 aliphatic rings. The summed E-state index contributed by atoms with van der Waals surface area (Å²) in [6.45, 7) is 4.42. The van der Waals surface area contributed by atoms with Gasteiger partial charge in [-0.25, -0.2) is 0 Å². The zero-order valence-corrected chi connectivity index (χ0v) is 9.98. The maximum atomic E-state index is 11.7. The summed E-state index contributed by atoms with van der Waals surface area (Å²) in [7, 11) is 2.06. The minimum atomic E-state index is -0.908. The minimum absolute atomic E-state index is 0.0334. The van der Waals surface area contributed by atoms with Gasteiger partial charge in [-0.2, -0.15) is 0 Å². The fraction of sp³-hybridized carbons (Fsp3) is 0.818. The van der Waals surface area contributed by atoms with Crippen molar-refractivity contribution in [1.29, 1.82) is 0 Å². The molecule has 0 bridgehead atoms. The predicted molar refractivity (Wildman–Crippen MR) is 60.2 cm³/mol. The van der Waals surface area contributed by atoms with Crippen LogP contribution in [0.3, 0.4) is 0 Å². The third-order valence-electron chi connectivity index (χ3n) is 3.15. The van der Waals surface area contributed by atoms with Crippen molar-refractivity contribution in [3.05, 3.63) is 0 Å². The molecule has 1 atom stereocenters. The van der Waals surface area contributed by atoms with Gasteiger partial charge in [0, 0.05) is 32.1 Å². The van der Waals surface area contributed by atoms with E-state index in [-0.39, 0.29) is 18.7 Å². The lowest BCUT2D eigenvalue weighted by Gasteiger charge is -2.39. The molecule has 1 aliphatic heterocycles. The van der Waals surface area contributed by atoms with Crippen LogP contribution in [0.5, 0.6) is 0 Å². The van der Waals surface area contributed by atoms with Gasteiger partial charge in [0.1, 0.15) is 0 Å². The van der Waals surface area contributed by atoms with E-state index < -0.39 is 5.97 Å². The van der Waals surface area contributed by atoms with E-state index in [0.29, 0.717) is 12.6 Å². The van der Waals surface area contributed by atoms with E-state index >= 15 is 0 Å². The van der Waals surface area contributed by atoms with Crippen LogP contribution >= 0.6 is 0 Å². The van der Waals surface area contributed by atoms with Crippen molar-refractivity contribution in [2.75, 3.05) is 26.7 Å². The zero-order chi connectivity index (χ0) is 12.1. The molecule has 1 N–H and O–H groups in total. The van der Waals surface area contributed by atoms with Gasteiger partial charge in [-0.1, -0.05) is 6.92 Å². The Bertz CT molecular complexity index is 268. The summed E-state index contributed by atoms with van der Waals surface area (Å²) in [5, 5.41) is 8.52. The number of hydrogen-bond acceptors (Lipinski definition) is 3. The number of aliphatic carboxylic acids is 1. The molecule has 5 heteroatoms. The summed E-state index contributed by atoms with van der Waals surface area (Å²) in [5.74, 6) is -0.941. The second-order valence-corrected chi connectivity index (χ2v) is 4.28. The van der Waals surface area contributed by atoms with Gasteiger partial charge in [-0.15, -0.1) is 0 Å². The Kier molecular flexibility index (Phi) is 4.73. The molecule has 1 heterocycles. The average Bonchev–Trinajstić information content (AvgIpc) is 2.26. The van der Waals surface area contributed by atoms with Crippen LogP contribution < -0.4 is 0 Å². The second-order valence-electron chi connectivity index (χ2n) is 4.28. The number of amides is 1. The van der Waals surface area contributed by atoms with Gasteiger partial charge in [-0.05, 0) is 13.5 Å². The molecule has 92 valence electrons. The molecule has 0 aliphatic carbocycles. The van der Waals surface area contributed by atoms with Crippen LogP contribution in [0.15, 0.2) is 0 Å². The van der Waals surface area contributed by atoms with Crippen molar-refractivity contribution >= 4 is 11.9 Å². The third kappa shape index (κ3) is 3.48. The Balaban J connectivity index is 2.42. The Morgan fingerprint density at radius 2 is 2.00 bits per heavy atom. The van der Waals surface area contributed by atoms with Crippen LogP contribution in [0.4, 0.5) is 0 Å². The molecule has 16 heavy (non-hydrogen) atoms. The maximum absolute atomic E-state index is 11.7. The Labute approximate surface area is 96.0 Å². The van der Waals surface area contributed by atoms with E-state index in [2.05, 4.69) is 18.9 Å². The molecule has 1 saturated heterocycles. The molecule has 0 aromatic carbocycles. The summed E-state index contributed by atoms with van der Waals surface area (Å²) in [5.41, 5.74) is 0. The van der Waals surface area contributed by atoms with E-state index in [1.807, 2.05) is 0 Å². The van der Waals surface area contributed by atoms with E-state index in [4.69, 9.17) is 5.11 Å². The molecule has 0 saturated carbocycles. The van der Waals surface area contributed by atoms with Crippen molar-refractivity contribution in [3.8, 4) is 0 Å². The molecule has 1 fully saturated rings. The van der Waals surface area contributed by atoms with Crippen LogP contribution in [-0.4, -0.2) is 59.5 Å². The van der Waals surface area contributed by atoms with Crippen molar-refractivity contribution in [2.24, 2.45) is 0 Å². The van der Waals surface area contributed by atoms with Crippen molar-refractivity contribution in [1.82, 2.24) is 9.80 Å². The Morgan fingerprint density at radius 3 is 2.56 bits per heavy atom. The SMILES string of the molecule is CCC1CN(C(=O)CCC(=O)O)CCN1C. The highest BCUT2D eigenvalue weighted by atomic mass is 16.4. The Hall–Kier alpha value is -1.10. The lowest BCUT2D eigenvalue weighted by molar-refractivity contribution is -0.141. The van der Waals surface area contributed by atoms with Crippen molar-refractivity contribution in [3.63, 3.8) is 0 Å². The highest BCUT2D eigenvalue weighted by Crippen LogP contribution is 2.12. The number of carboxylic acid groups (broad SMARTS) is 1. The first-order chi connectivity index (χ1) is 7.54. The lowest BCUT2D eigenvalue weighted by atomic mass is 10.1. The summed E-state index contributed by atoms with van der Waals surface area (Å²) in [6, 6.07) is 0.405.